The summed E-state index contributed by atoms with van der Waals surface area (Å²) in [6.07, 6.45) is -1.41. The van der Waals surface area contributed by atoms with Crippen LogP contribution in [0.2, 0.25) is 0 Å². The molecule has 1 N–H and O–H groups in total. The van der Waals surface area contributed by atoms with Crippen LogP contribution in [0.25, 0.3) is 5.65 Å². The van der Waals surface area contributed by atoms with E-state index in [1.165, 1.54) is 15.5 Å². The van der Waals surface area contributed by atoms with Crippen molar-refractivity contribution in [1.82, 2.24) is 29.0 Å². The Bertz CT molecular complexity index is 1470. The number of alkyl halides is 2. The van der Waals surface area contributed by atoms with E-state index in [2.05, 4.69) is 15.4 Å². The van der Waals surface area contributed by atoms with Gasteiger partial charge in [0.1, 0.15) is 29.5 Å². The molecule has 0 radical (unpaired) electrons. The van der Waals surface area contributed by atoms with Crippen molar-refractivity contribution < 1.29 is 27.6 Å². The van der Waals surface area contributed by atoms with Gasteiger partial charge < -0.3 is 19.7 Å². The second-order valence-corrected chi connectivity index (χ2v) is 8.85. The number of carbonyl (C=O) groups is 3. The summed E-state index contributed by atoms with van der Waals surface area (Å²) in [5, 5.41) is 6.84. The van der Waals surface area contributed by atoms with Crippen LogP contribution >= 0.6 is 0 Å². The number of likely N-dealkylation sites (tertiary alicyclic amines) is 1. The Labute approximate surface area is 207 Å². The molecule has 37 heavy (non-hydrogen) atoms. The average molecular weight is 517 g/mol. The zero-order valence-corrected chi connectivity index (χ0v) is 19.7. The van der Waals surface area contributed by atoms with E-state index < -0.39 is 41.6 Å². The summed E-state index contributed by atoms with van der Waals surface area (Å²) in [6.45, 7) is 1.35. The van der Waals surface area contributed by atoms with Gasteiger partial charge in [-0.2, -0.15) is 18.4 Å². The normalized spacial score (nSPS) is 17.2. The number of halogens is 3. The first-order chi connectivity index (χ1) is 17.7. The van der Waals surface area contributed by atoms with E-state index in [0.29, 0.717) is 12.1 Å². The molecule has 194 valence electrons. The lowest BCUT2D eigenvalue weighted by Crippen LogP contribution is -2.40. The van der Waals surface area contributed by atoms with Gasteiger partial charge in [0.05, 0.1) is 30.0 Å². The van der Waals surface area contributed by atoms with Gasteiger partial charge in [-0.3, -0.25) is 19.2 Å². The zero-order valence-electron chi connectivity index (χ0n) is 19.7. The number of hydrogen-bond acceptors (Lipinski definition) is 6. The van der Waals surface area contributed by atoms with Gasteiger partial charge in [-0.1, -0.05) is 6.92 Å². The molecule has 0 aromatic carbocycles. The first-order valence-corrected chi connectivity index (χ1v) is 11.6. The number of aromatic nitrogens is 4. The average Bonchev–Trinajstić information content (AvgIpc) is 3.60. The summed E-state index contributed by atoms with van der Waals surface area (Å²) in [6, 6.07) is 3.46. The molecule has 5 rings (SSSR count). The van der Waals surface area contributed by atoms with Crippen LogP contribution < -0.4 is 10.9 Å². The zero-order chi connectivity index (χ0) is 26.4. The van der Waals surface area contributed by atoms with E-state index in [1.807, 2.05) is 6.92 Å². The van der Waals surface area contributed by atoms with Gasteiger partial charge in [-0.25, -0.2) is 9.37 Å². The third-order valence-electron chi connectivity index (χ3n) is 6.58. The minimum atomic E-state index is -3.14. The van der Waals surface area contributed by atoms with Crippen molar-refractivity contribution in [2.45, 2.75) is 45.3 Å². The van der Waals surface area contributed by atoms with Gasteiger partial charge in [0, 0.05) is 19.2 Å². The van der Waals surface area contributed by atoms with E-state index in [1.54, 1.807) is 6.07 Å². The second-order valence-electron chi connectivity index (χ2n) is 8.85. The number of aryl methyl sites for hydroxylation is 1. The number of nitrogens with one attached hydrogen (secondary N) is 1. The molecule has 2 aliphatic rings. The lowest BCUT2D eigenvalue weighted by atomic mass is 10.2. The van der Waals surface area contributed by atoms with Crippen molar-refractivity contribution >= 4 is 29.2 Å². The molecule has 3 amide bonds. The van der Waals surface area contributed by atoms with Gasteiger partial charge in [-0.15, -0.1) is 0 Å². The smallest absolute Gasteiger partial charge is 0.315 e. The van der Waals surface area contributed by atoms with Crippen LogP contribution in [0, 0.1) is 5.82 Å². The lowest BCUT2D eigenvalue weighted by molar-refractivity contribution is -0.141. The van der Waals surface area contributed by atoms with E-state index in [4.69, 9.17) is 0 Å². The van der Waals surface area contributed by atoms with Gasteiger partial charge in [0.15, 0.2) is 0 Å². The quantitative estimate of drug-likeness (QED) is 0.522. The predicted octanol–water partition coefficient (Wildman–Crippen LogP) is 1.05. The van der Waals surface area contributed by atoms with Crippen molar-refractivity contribution in [1.29, 1.82) is 0 Å². The Hall–Kier alpha value is -4.23. The van der Waals surface area contributed by atoms with Crippen LogP contribution in [0.4, 0.5) is 19.0 Å². The van der Waals surface area contributed by atoms with Gasteiger partial charge in [0.25, 0.3) is 17.4 Å². The first kappa shape index (κ1) is 24.5. The highest BCUT2D eigenvalue weighted by molar-refractivity contribution is 5.99. The van der Waals surface area contributed by atoms with E-state index in [-0.39, 0.29) is 55.3 Å². The van der Waals surface area contributed by atoms with E-state index >= 15 is 0 Å². The van der Waals surface area contributed by atoms with Crippen LogP contribution in [0.5, 0.6) is 0 Å². The molecule has 2 aliphatic heterocycles. The SMILES string of the molecule is CCc1cc2n(CC(=O)Nc3ccc(F)cn3)c3c(c(=O)n2n1)CN(C1CCN(C(=O)C(F)F)C1)C3=O. The van der Waals surface area contributed by atoms with Crippen LogP contribution in [0.1, 0.15) is 35.1 Å². The highest BCUT2D eigenvalue weighted by atomic mass is 19.3. The van der Waals surface area contributed by atoms with Crippen molar-refractivity contribution in [3.8, 4) is 0 Å². The number of fused-ring (bicyclic) bond motifs is 2. The Morgan fingerprint density at radius 1 is 1.24 bits per heavy atom. The second kappa shape index (κ2) is 9.33. The molecule has 3 aromatic heterocycles. The monoisotopic (exact) mass is 517 g/mol. The van der Waals surface area contributed by atoms with Crippen LogP contribution in [0.3, 0.4) is 0 Å². The Kier molecular flexibility index (Phi) is 6.17. The molecule has 0 spiro atoms. The lowest BCUT2D eigenvalue weighted by Gasteiger charge is -2.24. The molecule has 11 nitrogen and oxygen atoms in total. The molecule has 0 aliphatic carbocycles. The Morgan fingerprint density at radius 2 is 2.03 bits per heavy atom. The third kappa shape index (κ3) is 4.32. The van der Waals surface area contributed by atoms with E-state index in [9.17, 15) is 32.3 Å². The van der Waals surface area contributed by atoms with Crippen molar-refractivity contribution in [3.63, 3.8) is 0 Å². The highest BCUT2D eigenvalue weighted by Crippen LogP contribution is 2.28. The van der Waals surface area contributed by atoms with Gasteiger partial charge in [-0.05, 0) is 25.0 Å². The molecule has 0 saturated carbocycles. The largest absolute Gasteiger partial charge is 0.336 e. The summed E-state index contributed by atoms with van der Waals surface area (Å²) >= 11 is 0. The number of pyridine rings is 1. The summed E-state index contributed by atoms with van der Waals surface area (Å²) in [4.78, 5) is 57.6. The topological polar surface area (TPSA) is 122 Å². The fourth-order valence-electron chi connectivity index (χ4n) is 4.77. The Balaban J connectivity index is 1.49. The molecule has 3 aromatic rings. The first-order valence-electron chi connectivity index (χ1n) is 11.6. The number of amides is 3. The number of rotatable bonds is 6. The van der Waals surface area contributed by atoms with Crippen molar-refractivity contribution in [2.75, 3.05) is 18.4 Å². The maximum absolute atomic E-state index is 13.6. The van der Waals surface area contributed by atoms with Gasteiger partial charge in [0.2, 0.25) is 5.91 Å². The predicted molar refractivity (Wildman–Crippen MR) is 123 cm³/mol. The fourth-order valence-corrected chi connectivity index (χ4v) is 4.77. The molecule has 1 atom stereocenters. The maximum atomic E-state index is 13.6. The minimum absolute atomic E-state index is 0.000837. The summed E-state index contributed by atoms with van der Waals surface area (Å²) < 4.78 is 41.5. The summed E-state index contributed by atoms with van der Waals surface area (Å²) in [7, 11) is 0. The summed E-state index contributed by atoms with van der Waals surface area (Å²) in [5.41, 5.74) is 0.418. The highest BCUT2D eigenvalue weighted by Gasteiger charge is 2.42. The van der Waals surface area contributed by atoms with Crippen LogP contribution in [0.15, 0.2) is 29.2 Å². The van der Waals surface area contributed by atoms with Crippen LogP contribution in [-0.4, -0.2) is 72.2 Å². The molecule has 1 fully saturated rings. The molecule has 14 heteroatoms. The Morgan fingerprint density at radius 3 is 2.70 bits per heavy atom. The molecule has 5 heterocycles. The summed E-state index contributed by atoms with van der Waals surface area (Å²) in [5.74, 6) is -2.89. The number of anilines is 1. The van der Waals surface area contributed by atoms with Crippen LogP contribution in [-0.2, 0) is 29.1 Å². The number of carbonyl (C=O) groups excluding carboxylic acids is 3. The fraction of sp³-hybridized carbons (Fsp3) is 0.391. The molecule has 1 unspecified atom stereocenters. The minimum Gasteiger partial charge on any atom is -0.336 e. The molecule has 1 saturated heterocycles. The molecular weight excluding hydrogens is 495 g/mol. The third-order valence-corrected chi connectivity index (χ3v) is 6.58. The van der Waals surface area contributed by atoms with Crippen molar-refractivity contribution in [2.24, 2.45) is 0 Å². The maximum Gasteiger partial charge on any atom is 0.315 e. The standard InChI is InChI=1S/C23H22F3N7O4/c1-2-13-7-18-32(11-17(34)28-16-4-3-12(24)8-27-16)19-15(21(35)33(18)29-13)10-31(22(19)36)14-5-6-30(9-14)23(37)20(25)26/h3-4,7-8,14,20H,2,5-6,9-11H2,1H3,(H,27,28,34). The van der Waals surface area contributed by atoms with E-state index in [0.717, 1.165) is 21.7 Å². The van der Waals surface area contributed by atoms with Gasteiger partial charge >= 0.3 is 6.43 Å². The molecular formula is C23H22F3N7O4. The number of hydrogen-bond donors (Lipinski definition) is 1. The van der Waals surface area contributed by atoms with Crippen molar-refractivity contribution in [3.05, 3.63) is 57.5 Å². The molecule has 0 bridgehead atoms. The number of nitrogens with zero attached hydrogens (tertiary/aromatic N) is 6.